The maximum absolute atomic E-state index is 12.2. The lowest BCUT2D eigenvalue weighted by molar-refractivity contribution is 0.0466. The van der Waals surface area contributed by atoms with Gasteiger partial charge in [0.15, 0.2) is 0 Å². The number of carbonyl (C=O) groups excluding carboxylic acids is 1. The van der Waals surface area contributed by atoms with E-state index >= 15 is 0 Å². The Balaban J connectivity index is 1.60. The number of benzene rings is 1. The van der Waals surface area contributed by atoms with Crippen LogP contribution in [0.1, 0.15) is 29.9 Å². The van der Waals surface area contributed by atoms with Gasteiger partial charge in [-0.2, -0.15) is 5.10 Å². The molecule has 0 aliphatic carbocycles. The van der Waals surface area contributed by atoms with Gasteiger partial charge in [-0.25, -0.2) is 9.48 Å². The van der Waals surface area contributed by atoms with Gasteiger partial charge in [0.1, 0.15) is 12.3 Å². The molecule has 3 rings (SSSR count). The van der Waals surface area contributed by atoms with Gasteiger partial charge < -0.3 is 9.47 Å². The van der Waals surface area contributed by atoms with Crippen molar-refractivity contribution in [2.75, 3.05) is 0 Å². The summed E-state index contributed by atoms with van der Waals surface area (Å²) >= 11 is 3.41. The molecule has 0 amide bonds. The number of ether oxygens (including phenoxy) is 2. The molecule has 134 valence electrons. The number of aromatic nitrogens is 4. The maximum Gasteiger partial charge on any atom is 0.341 e. The highest BCUT2D eigenvalue weighted by atomic mass is 79.9. The molecule has 0 unspecified atom stereocenters. The molecule has 0 atom stereocenters. The second kappa shape index (κ2) is 8.09. The molecule has 0 saturated carbocycles. The van der Waals surface area contributed by atoms with E-state index in [0.29, 0.717) is 17.1 Å². The van der Waals surface area contributed by atoms with E-state index < -0.39 is 5.97 Å². The van der Waals surface area contributed by atoms with Crippen LogP contribution in [0.15, 0.2) is 53.3 Å². The quantitative estimate of drug-likeness (QED) is 0.571. The van der Waals surface area contributed by atoms with Gasteiger partial charge in [0.2, 0.25) is 5.88 Å². The van der Waals surface area contributed by atoms with Gasteiger partial charge in [-0.1, -0.05) is 22.0 Å². The number of esters is 1. The van der Waals surface area contributed by atoms with Gasteiger partial charge >= 0.3 is 5.97 Å². The van der Waals surface area contributed by atoms with Crippen molar-refractivity contribution in [3.8, 4) is 11.6 Å². The molecule has 26 heavy (non-hydrogen) atoms. The van der Waals surface area contributed by atoms with Crippen LogP contribution in [0.4, 0.5) is 0 Å². The monoisotopic (exact) mass is 416 g/mol. The molecule has 3 aromatic rings. The highest BCUT2D eigenvalue weighted by Gasteiger charge is 2.12. The first-order valence-electron chi connectivity index (χ1n) is 7.98. The molecule has 0 saturated heterocycles. The zero-order valence-corrected chi connectivity index (χ0v) is 15.9. The van der Waals surface area contributed by atoms with Crippen molar-refractivity contribution in [3.05, 3.63) is 64.5 Å². The Hall–Kier alpha value is -2.74. The molecule has 0 aliphatic rings. The van der Waals surface area contributed by atoms with Crippen molar-refractivity contribution in [1.29, 1.82) is 0 Å². The third-order valence-corrected chi connectivity index (χ3v) is 3.79. The molecule has 1 aromatic carbocycles. The summed E-state index contributed by atoms with van der Waals surface area (Å²) in [7, 11) is 0. The molecule has 7 nitrogen and oxygen atoms in total. The van der Waals surface area contributed by atoms with Gasteiger partial charge in [-0.15, -0.1) is 10.2 Å². The van der Waals surface area contributed by atoms with Crippen molar-refractivity contribution in [1.82, 2.24) is 20.0 Å². The predicted molar refractivity (Wildman–Crippen MR) is 98.2 cm³/mol. The summed E-state index contributed by atoms with van der Waals surface area (Å²) in [5, 5.41) is 12.1. The van der Waals surface area contributed by atoms with E-state index in [9.17, 15) is 4.79 Å². The zero-order chi connectivity index (χ0) is 18.5. The maximum atomic E-state index is 12.2. The Morgan fingerprint density at radius 2 is 2.08 bits per heavy atom. The zero-order valence-electron chi connectivity index (χ0n) is 14.3. The van der Waals surface area contributed by atoms with Crippen LogP contribution in [-0.2, 0) is 11.3 Å². The van der Waals surface area contributed by atoms with E-state index in [2.05, 4.69) is 31.2 Å². The fraction of sp³-hybridized carbons (Fsp3) is 0.222. The van der Waals surface area contributed by atoms with E-state index in [1.165, 1.54) is 6.20 Å². The third kappa shape index (κ3) is 4.66. The van der Waals surface area contributed by atoms with Gasteiger partial charge in [0.25, 0.3) is 0 Å². The van der Waals surface area contributed by atoms with Crippen LogP contribution in [0.25, 0.3) is 5.69 Å². The van der Waals surface area contributed by atoms with Gasteiger partial charge in [-0.3, -0.25) is 0 Å². The summed E-state index contributed by atoms with van der Waals surface area (Å²) in [6.45, 7) is 3.84. The standard InChI is InChI=1S/C18H17BrN4O3/c1-12(2)26-17-7-6-15(21-22-17)11-25-18(24)13-9-20-23(10-13)16-5-3-4-14(19)8-16/h3-10,12H,11H2,1-2H3. The minimum atomic E-state index is -0.476. The Kier molecular flexibility index (Phi) is 5.62. The van der Waals surface area contributed by atoms with E-state index in [1.807, 2.05) is 38.1 Å². The van der Waals surface area contributed by atoms with E-state index in [0.717, 1.165) is 10.2 Å². The molecule has 0 spiro atoms. The lowest BCUT2D eigenvalue weighted by Gasteiger charge is -2.08. The summed E-state index contributed by atoms with van der Waals surface area (Å²) in [5.41, 5.74) is 1.73. The summed E-state index contributed by atoms with van der Waals surface area (Å²) in [4.78, 5) is 12.2. The second-order valence-electron chi connectivity index (χ2n) is 5.76. The first kappa shape index (κ1) is 18.1. The van der Waals surface area contributed by atoms with Crippen LogP contribution in [-0.4, -0.2) is 32.1 Å². The molecule has 2 heterocycles. The fourth-order valence-electron chi connectivity index (χ4n) is 2.14. The Morgan fingerprint density at radius 1 is 1.23 bits per heavy atom. The molecular formula is C18H17BrN4O3. The summed E-state index contributed by atoms with van der Waals surface area (Å²) < 4.78 is 13.2. The first-order chi connectivity index (χ1) is 12.5. The average molecular weight is 417 g/mol. The van der Waals surface area contributed by atoms with Crippen molar-refractivity contribution in [2.45, 2.75) is 26.6 Å². The minimum Gasteiger partial charge on any atom is -0.474 e. The molecular weight excluding hydrogens is 400 g/mol. The number of halogens is 1. The number of carbonyl (C=O) groups is 1. The first-order valence-corrected chi connectivity index (χ1v) is 8.77. The third-order valence-electron chi connectivity index (χ3n) is 3.29. The second-order valence-corrected chi connectivity index (χ2v) is 6.67. The smallest absolute Gasteiger partial charge is 0.341 e. The van der Waals surface area contributed by atoms with Gasteiger partial charge in [0, 0.05) is 16.7 Å². The molecule has 0 fully saturated rings. The van der Waals surface area contributed by atoms with Crippen LogP contribution in [0, 0.1) is 0 Å². The van der Waals surface area contributed by atoms with Crippen molar-refractivity contribution in [3.63, 3.8) is 0 Å². The summed E-state index contributed by atoms with van der Waals surface area (Å²) in [6, 6.07) is 11.0. The lowest BCUT2D eigenvalue weighted by Crippen LogP contribution is -2.09. The Labute approximate surface area is 159 Å². The van der Waals surface area contributed by atoms with Crippen molar-refractivity contribution >= 4 is 21.9 Å². The molecule has 0 radical (unpaired) electrons. The van der Waals surface area contributed by atoms with Crippen LogP contribution in [0.5, 0.6) is 5.88 Å². The predicted octanol–water partition coefficient (Wildman–Crippen LogP) is 3.57. The summed E-state index contributed by atoms with van der Waals surface area (Å²) in [5.74, 6) is -0.0408. The van der Waals surface area contributed by atoms with E-state index in [-0.39, 0.29) is 12.7 Å². The molecule has 0 bridgehead atoms. The number of rotatable bonds is 6. The van der Waals surface area contributed by atoms with Crippen LogP contribution < -0.4 is 4.74 Å². The van der Waals surface area contributed by atoms with Gasteiger partial charge in [0.05, 0.1) is 23.6 Å². The summed E-state index contributed by atoms with van der Waals surface area (Å²) in [6.07, 6.45) is 3.11. The lowest BCUT2D eigenvalue weighted by atomic mass is 10.3. The van der Waals surface area contributed by atoms with Crippen LogP contribution in [0.3, 0.4) is 0 Å². The highest BCUT2D eigenvalue weighted by molar-refractivity contribution is 9.10. The van der Waals surface area contributed by atoms with Gasteiger partial charge in [-0.05, 0) is 38.1 Å². The van der Waals surface area contributed by atoms with Crippen molar-refractivity contribution < 1.29 is 14.3 Å². The Morgan fingerprint density at radius 3 is 2.77 bits per heavy atom. The number of nitrogens with zero attached hydrogens (tertiary/aromatic N) is 4. The topological polar surface area (TPSA) is 79.1 Å². The van der Waals surface area contributed by atoms with Crippen molar-refractivity contribution in [2.24, 2.45) is 0 Å². The van der Waals surface area contributed by atoms with E-state index in [1.54, 1.807) is 23.0 Å². The number of hydrogen-bond acceptors (Lipinski definition) is 6. The average Bonchev–Trinajstić information content (AvgIpc) is 3.11. The highest BCUT2D eigenvalue weighted by Crippen LogP contribution is 2.16. The number of hydrogen-bond donors (Lipinski definition) is 0. The Bertz CT molecular complexity index is 893. The largest absolute Gasteiger partial charge is 0.474 e. The molecule has 8 heteroatoms. The van der Waals surface area contributed by atoms with Crippen LogP contribution >= 0.6 is 15.9 Å². The minimum absolute atomic E-state index is 0.0229. The SMILES string of the molecule is CC(C)Oc1ccc(COC(=O)c2cnn(-c3cccc(Br)c3)c2)nn1. The fourth-order valence-corrected chi connectivity index (χ4v) is 2.53. The normalized spacial score (nSPS) is 10.8. The van der Waals surface area contributed by atoms with Crippen LogP contribution in [0.2, 0.25) is 0 Å². The molecule has 2 aromatic heterocycles. The molecule has 0 N–H and O–H groups in total. The van der Waals surface area contributed by atoms with E-state index in [4.69, 9.17) is 9.47 Å². The molecule has 0 aliphatic heterocycles.